The maximum Gasteiger partial charge on any atom is 0.418 e. The van der Waals surface area contributed by atoms with Crippen LogP contribution < -0.4 is 9.64 Å². The van der Waals surface area contributed by atoms with Crippen LogP contribution >= 0.6 is 0 Å². The maximum absolute atomic E-state index is 17.4. The number of nitrogens with zero attached hydrogens (tertiary/aromatic N) is 7. The number of hydrogen-bond acceptors (Lipinski definition) is 10. The molecule has 1 amide bonds. The Morgan fingerprint density at radius 2 is 1.57 bits per heavy atom. The summed E-state index contributed by atoms with van der Waals surface area (Å²) < 4.78 is 36.8. The first kappa shape index (κ1) is 36.5. The summed E-state index contributed by atoms with van der Waals surface area (Å²) in [5, 5.41) is 1.15. The number of aromatic nitrogens is 4. The molecular weight excluding hydrogens is 689 g/mol. The van der Waals surface area contributed by atoms with Crippen molar-refractivity contribution in [3.63, 3.8) is 0 Å². The molecule has 4 fully saturated rings. The highest BCUT2D eigenvalue weighted by molar-refractivity contribution is 6.02. The fourth-order valence-corrected chi connectivity index (χ4v) is 9.14. The zero-order valence-corrected chi connectivity index (χ0v) is 32.8. The van der Waals surface area contributed by atoms with Crippen molar-refractivity contribution < 1.29 is 28.2 Å². The molecule has 4 aromatic rings. The van der Waals surface area contributed by atoms with E-state index in [1.165, 1.54) is 4.57 Å². The summed E-state index contributed by atoms with van der Waals surface area (Å²) >= 11 is 0. The zero-order valence-electron chi connectivity index (χ0n) is 32.8. The third-order valence-electron chi connectivity index (χ3n) is 11.7. The van der Waals surface area contributed by atoms with Gasteiger partial charge in [-0.1, -0.05) is 0 Å². The van der Waals surface area contributed by atoms with Crippen molar-refractivity contribution in [2.24, 2.45) is 0 Å². The number of carbonyl (C=O) groups is 2. The number of halogens is 1. The van der Waals surface area contributed by atoms with Gasteiger partial charge >= 0.3 is 18.2 Å². The molecule has 4 aliphatic rings. The van der Waals surface area contributed by atoms with E-state index in [4.69, 9.17) is 29.2 Å². The molecule has 0 saturated carbocycles. The lowest BCUT2D eigenvalue weighted by Crippen LogP contribution is -2.57. The number of carbonyl (C=O) groups excluding carboxylic acids is 2. The molecule has 0 aliphatic carbocycles. The molecule has 4 aliphatic heterocycles. The maximum atomic E-state index is 17.4. The first-order chi connectivity index (χ1) is 25.5. The quantitative estimate of drug-likeness (QED) is 0.201. The van der Waals surface area contributed by atoms with Crippen molar-refractivity contribution in [2.45, 2.75) is 123 Å². The van der Waals surface area contributed by atoms with Crippen LogP contribution in [0.5, 0.6) is 6.01 Å². The van der Waals surface area contributed by atoms with Gasteiger partial charge in [-0.25, -0.2) is 14.0 Å². The van der Waals surface area contributed by atoms with Gasteiger partial charge < -0.3 is 19.1 Å². The van der Waals surface area contributed by atoms with Crippen LogP contribution in [-0.4, -0.2) is 103 Å². The number of piperazine rings is 1. The number of hydrogen-bond donors (Lipinski definition) is 0. The fraction of sp³-hybridized carbons (Fsp3) is 0.585. The van der Waals surface area contributed by atoms with E-state index in [1.54, 1.807) is 18.5 Å². The van der Waals surface area contributed by atoms with Crippen LogP contribution in [0.3, 0.4) is 0 Å². The van der Waals surface area contributed by atoms with Crippen molar-refractivity contribution in [1.29, 1.82) is 0 Å². The highest BCUT2D eigenvalue weighted by Crippen LogP contribution is 2.42. The van der Waals surface area contributed by atoms with Crippen LogP contribution in [0.25, 0.3) is 33.1 Å². The van der Waals surface area contributed by atoms with Crippen LogP contribution in [0.2, 0.25) is 0 Å². The highest BCUT2D eigenvalue weighted by atomic mass is 19.1. The summed E-state index contributed by atoms with van der Waals surface area (Å²) in [5.41, 5.74) is 1.83. The topological polar surface area (TPSA) is 115 Å². The number of benzene rings is 1. The number of fused-ring (bicyclic) bond motifs is 5. The molecule has 7 heterocycles. The molecule has 2 unspecified atom stereocenters. The van der Waals surface area contributed by atoms with Gasteiger partial charge in [-0.05, 0) is 130 Å². The molecule has 0 spiro atoms. The number of amides is 1. The monoisotopic (exact) mass is 741 g/mol. The molecule has 2 bridgehead atoms. The summed E-state index contributed by atoms with van der Waals surface area (Å²) in [6.07, 6.45) is 8.54. The lowest BCUT2D eigenvalue weighted by atomic mass is 9.95. The molecule has 0 radical (unpaired) electrons. The molecule has 8 rings (SSSR count). The first-order valence-electron chi connectivity index (χ1n) is 19.4. The SMILES string of the molecule is Cc1cc2c(ccn2C(=O)OC(C)(C)C)c(-c2ncc3c(N4CC5CCC(C4)N5C(=O)OC(C)(C)C)nc(OCC45CCCN4CCC5)nc3c2F)c1C. The lowest BCUT2D eigenvalue weighted by Gasteiger charge is -2.42. The number of ether oxygens (including phenoxy) is 3. The summed E-state index contributed by atoms with van der Waals surface area (Å²) in [4.78, 5) is 47.6. The Balaban J connectivity index is 1.22. The van der Waals surface area contributed by atoms with Gasteiger partial charge in [0.15, 0.2) is 5.82 Å². The lowest BCUT2D eigenvalue weighted by molar-refractivity contribution is 0.0122. The van der Waals surface area contributed by atoms with Crippen molar-refractivity contribution in [1.82, 2.24) is 29.3 Å². The van der Waals surface area contributed by atoms with Gasteiger partial charge in [-0.3, -0.25) is 19.4 Å². The van der Waals surface area contributed by atoms with Gasteiger partial charge in [0.05, 0.1) is 28.5 Å². The van der Waals surface area contributed by atoms with Gasteiger partial charge in [0.2, 0.25) is 0 Å². The minimum Gasteiger partial charge on any atom is -0.461 e. The Hall–Kier alpha value is -4.52. The smallest absolute Gasteiger partial charge is 0.418 e. The Kier molecular flexibility index (Phi) is 8.82. The minimum absolute atomic E-state index is 0.0514. The number of pyridine rings is 1. The van der Waals surface area contributed by atoms with Crippen LogP contribution in [-0.2, 0) is 9.47 Å². The second-order valence-corrected chi connectivity index (χ2v) is 17.7. The van der Waals surface area contributed by atoms with Crippen LogP contribution in [0, 0.1) is 19.7 Å². The van der Waals surface area contributed by atoms with Crippen LogP contribution in [0.1, 0.15) is 91.2 Å². The van der Waals surface area contributed by atoms with E-state index in [2.05, 4.69) is 9.80 Å². The normalized spacial score (nSPS) is 21.3. The molecule has 2 atom stereocenters. The predicted molar refractivity (Wildman–Crippen MR) is 205 cm³/mol. The number of aryl methyl sites for hydroxylation is 1. The van der Waals surface area contributed by atoms with E-state index in [-0.39, 0.29) is 40.9 Å². The molecule has 13 heteroatoms. The molecule has 288 valence electrons. The average molecular weight is 742 g/mol. The third kappa shape index (κ3) is 6.41. The summed E-state index contributed by atoms with van der Waals surface area (Å²) in [5.74, 6) is -0.0408. The zero-order chi connectivity index (χ0) is 38.3. The average Bonchev–Trinajstić information content (AvgIpc) is 3.85. The Morgan fingerprint density at radius 3 is 2.22 bits per heavy atom. The summed E-state index contributed by atoms with van der Waals surface area (Å²) in [6.45, 7) is 18.6. The van der Waals surface area contributed by atoms with Gasteiger partial charge in [-0.2, -0.15) is 9.97 Å². The highest BCUT2D eigenvalue weighted by Gasteiger charge is 2.46. The second kappa shape index (κ2) is 13.1. The molecule has 0 N–H and O–H groups in total. The van der Waals surface area contributed by atoms with Crippen LogP contribution in [0.4, 0.5) is 19.8 Å². The van der Waals surface area contributed by atoms with E-state index in [1.807, 2.05) is 66.4 Å². The fourth-order valence-electron chi connectivity index (χ4n) is 9.14. The van der Waals surface area contributed by atoms with Crippen molar-refractivity contribution in [3.05, 3.63) is 41.5 Å². The molecule has 3 aromatic heterocycles. The van der Waals surface area contributed by atoms with Crippen molar-refractivity contribution in [3.8, 4) is 17.3 Å². The van der Waals surface area contributed by atoms with E-state index >= 15 is 4.39 Å². The first-order valence-corrected chi connectivity index (χ1v) is 19.4. The second-order valence-electron chi connectivity index (χ2n) is 17.7. The largest absolute Gasteiger partial charge is 0.461 e. The minimum atomic E-state index is -0.686. The number of rotatable bonds is 5. The molecule has 1 aromatic carbocycles. The standard InChI is InChI=1S/C41H52FN7O5/c1-24-19-30-28(13-18-48(30)37(50)53-39(3,4)5)31(25(24)2)34-32(42)33-29(20-43-34)35(45-36(44-33)52-23-41-14-9-16-47(41)17-10-15-41)46-21-26-11-12-27(22-46)49(26)38(51)54-40(6,7)8/h13,18-20,26-27H,9-12,14-17,21-23H2,1-8H3. The van der Waals surface area contributed by atoms with Gasteiger partial charge in [0.1, 0.15) is 34.8 Å². The molecule has 12 nitrogen and oxygen atoms in total. The van der Waals surface area contributed by atoms with Gasteiger partial charge in [-0.15, -0.1) is 0 Å². The summed E-state index contributed by atoms with van der Waals surface area (Å²) in [7, 11) is 0. The summed E-state index contributed by atoms with van der Waals surface area (Å²) in [6, 6.07) is 3.70. The van der Waals surface area contributed by atoms with E-state index in [0.717, 1.165) is 62.7 Å². The Bertz CT molecular complexity index is 2130. The van der Waals surface area contributed by atoms with Gasteiger partial charge in [0, 0.05) is 36.4 Å². The number of anilines is 1. The third-order valence-corrected chi connectivity index (χ3v) is 11.7. The predicted octanol–water partition coefficient (Wildman–Crippen LogP) is 7.78. The molecule has 54 heavy (non-hydrogen) atoms. The Morgan fingerprint density at radius 1 is 0.926 bits per heavy atom. The molecule has 4 saturated heterocycles. The van der Waals surface area contributed by atoms with E-state index < -0.39 is 23.1 Å². The van der Waals surface area contributed by atoms with Gasteiger partial charge in [0.25, 0.3) is 0 Å². The Labute approximate surface area is 316 Å². The molecular formula is C41H52FN7O5. The van der Waals surface area contributed by atoms with Crippen molar-refractivity contribution >= 4 is 39.8 Å². The van der Waals surface area contributed by atoms with Crippen LogP contribution in [0.15, 0.2) is 24.5 Å². The van der Waals surface area contributed by atoms with Crippen molar-refractivity contribution in [2.75, 3.05) is 37.7 Å². The van der Waals surface area contributed by atoms with E-state index in [9.17, 15) is 9.59 Å². The van der Waals surface area contributed by atoms with E-state index in [0.29, 0.717) is 47.4 Å².